The molecule has 0 aromatic heterocycles. The predicted molar refractivity (Wildman–Crippen MR) is 79.1 cm³/mol. The van der Waals surface area contributed by atoms with Crippen LogP contribution < -0.4 is 14.8 Å². The number of hydrogen-bond acceptors (Lipinski definition) is 3. The molecule has 0 bridgehead atoms. The van der Waals surface area contributed by atoms with Crippen LogP contribution in [0.3, 0.4) is 0 Å². The van der Waals surface area contributed by atoms with Gasteiger partial charge in [-0.25, -0.2) is 0 Å². The summed E-state index contributed by atoms with van der Waals surface area (Å²) in [6.07, 6.45) is -0.939. The van der Waals surface area contributed by atoms with Gasteiger partial charge in [0.25, 0.3) is 0 Å². The van der Waals surface area contributed by atoms with Crippen LogP contribution in [-0.2, 0) is 10.3 Å². The number of ether oxygens (including phenoxy) is 2. The Morgan fingerprint density at radius 2 is 1.48 bits per heavy atom. The van der Waals surface area contributed by atoms with Crippen molar-refractivity contribution in [2.45, 2.75) is 25.7 Å². The maximum absolute atomic E-state index is 12.3. The normalized spacial score (nSPS) is 14.0. The lowest BCUT2D eigenvalue weighted by Gasteiger charge is -2.27. The van der Waals surface area contributed by atoms with E-state index in [2.05, 4.69) is 5.32 Å². The number of carbonyl (C=O) groups excluding carboxylic acids is 1. The number of benzene rings is 2. The summed E-state index contributed by atoms with van der Waals surface area (Å²) in [5, 5.41) is 2.96. The molecule has 2 aromatic rings. The minimum absolute atomic E-state index is 0.292. The van der Waals surface area contributed by atoms with Crippen LogP contribution in [0.15, 0.2) is 54.6 Å². The second-order valence-electron chi connectivity index (χ2n) is 5.49. The maximum Gasteiger partial charge on any atom is 0.321 e. The molecule has 0 fully saturated rings. The highest BCUT2D eigenvalue weighted by Gasteiger charge is 2.34. The molecule has 0 saturated carbocycles. The van der Waals surface area contributed by atoms with E-state index >= 15 is 0 Å². The van der Waals surface area contributed by atoms with Gasteiger partial charge in [-0.2, -0.15) is 0 Å². The van der Waals surface area contributed by atoms with Crippen LogP contribution in [0, 0.1) is 0 Å². The average molecular weight is 283 g/mol. The standard InChI is InChI=1S/C17H17NO3/c1-17(2,12-8-4-3-5-9-12)18-15(19)16-20-13-10-6-7-11-14(13)21-16/h3-11,16H,1-2H3,(H,18,19). The molecule has 0 saturated heterocycles. The van der Waals surface area contributed by atoms with Gasteiger partial charge in [0.1, 0.15) is 0 Å². The molecule has 1 aliphatic rings. The number of nitrogens with one attached hydrogen (secondary N) is 1. The largest absolute Gasteiger partial charge is 0.442 e. The van der Waals surface area contributed by atoms with Crippen molar-refractivity contribution in [3.8, 4) is 11.5 Å². The zero-order chi connectivity index (χ0) is 14.9. The van der Waals surface area contributed by atoms with E-state index in [1.54, 1.807) is 12.1 Å². The summed E-state index contributed by atoms with van der Waals surface area (Å²) in [5.41, 5.74) is 0.522. The average Bonchev–Trinajstić information content (AvgIpc) is 2.92. The van der Waals surface area contributed by atoms with Crippen molar-refractivity contribution < 1.29 is 14.3 Å². The Bertz CT molecular complexity index is 627. The minimum atomic E-state index is -0.939. The van der Waals surface area contributed by atoms with Gasteiger partial charge in [0, 0.05) is 0 Å². The highest BCUT2D eigenvalue weighted by molar-refractivity contribution is 5.82. The zero-order valence-electron chi connectivity index (χ0n) is 12.0. The Morgan fingerprint density at radius 3 is 2.05 bits per heavy atom. The van der Waals surface area contributed by atoms with Crippen molar-refractivity contribution in [2.24, 2.45) is 0 Å². The Kier molecular flexibility index (Phi) is 3.29. The fourth-order valence-electron chi connectivity index (χ4n) is 2.30. The van der Waals surface area contributed by atoms with E-state index < -0.39 is 11.8 Å². The monoisotopic (exact) mass is 283 g/mol. The van der Waals surface area contributed by atoms with Crippen LogP contribution in [0.4, 0.5) is 0 Å². The molecule has 21 heavy (non-hydrogen) atoms. The summed E-state index contributed by atoms with van der Waals surface area (Å²) in [6, 6.07) is 17.0. The molecule has 108 valence electrons. The Morgan fingerprint density at radius 1 is 0.952 bits per heavy atom. The lowest BCUT2D eigenvalue weighted by Crippen LogP contribution is -2.48. The molecule has 0 spiro atoms. The molecular weight excluding hydrogens is 266 g/mol. The number of para-hydroxylation sites is 2. The summed E-state index contributed by atoms with van der Waals surface area (Å²) in [5.74, 6) is 0.894. The van der Waals surface area contributed by atoms with Gasteiger partial charge in [-0.3, -0.25) is 4.79 Å². The molecule has 0 radical (unpaired) electrons. The summed E-state index contributed by atoms with van der Waals surface area (Å²) < 4.78 is 11.0. The molecule has 0 unspecified atom stereocenters. The molecule has 3 rings (SSSR count). The first-order chi connectivity index (χ1) is 10.1. The second-order valence-corrected chi connectivity index (χ2v) is 5.49. The topological polar surface area (TPSA) is 47.6 Å². The maximum atomic E-state index is 12.3. The van der Waals surface area contributed by atoms with Crippen LogP contribution in [0.25, 0.3) is 0 Å². The van der Waals surface area contributed by atoms with Crippen LogP contribution in [0.5, 0.6) is 11.5 Å². The van der Waals surface area contributed by atoms with Gasteiger partial charge in [0.15, 0.2) is 11.5 Å². The molecule has 2 aromatic carbocycles. The number of carbonyl (C=O) groups is 1. The van der Waals surface area contributed by atoms with E-state index in [1.165, 1.54) is 0 Å². The van der Waals surface area contributed by atoms with E-state index in [-0.39, 0.29) is 5.91 Å². The summed E-state index contributed by atoms with van der Waals surface area (Å²) in [4.78, 5) is 12.3. The number of hydrogen-bond donors (Lipinski definition) is 1. The molecular formula is C17H17NO3. The van der Waals surface area contributed by atoms with Crippen molar-refractivity contribution in [3.05, 3.63) is 60.2 Å². The van der Waals surface area contributed by atoms with E-state index in [1.807, 2.05) is 56.3 Å². The van der Waals surface area contributed by atoms with Crippen LogP contribution in [0.2, 0.25) is 0 Å². The Balaban J connectivity index is 1.71. The fourth-order valence-corrected chi connectivity index (χ4v) is 2.30. The molecule has 4 nitrogen and oxygen atoms in total. The summed E-state index contributed by atoms with van der Waals surface area (Å²) >= 11 is 0. The lowest BCUT2D eigenvalue weighted by molar-refractivity contribution is -0.138. The third-order valence-corrected chi connectivity index (χ3v) is 3.46. The van der Waals surface area contributed by atoms with Gasteiger partial charge >= 0.3 is 12.2 Å². The van der Waals surface area contributed by atoms with Crippen molar-refractivity contribution in [2.75, 3.05) is 0 Å². The molecule has 1 N–H and O–H groups in total. The van der Waals surface area contributed by atoms with Crippen LogP contribution >= 0.6 is 0 Å². The number of amides is 1. The SMILES string of the molecule is CC(C)(NC(=O)C1Oc2ccccc2O1)c1ccccc1. The minimum Gasteiger partial charge on any atom is -0.442 e. The molecule has 4 heteroatoms. The number of fused-ring (bicyclic) bond motifs is 1. The zero-order valence-corrected chi connectivity index (χ0v) is 12.0. The van der Waals surface area contributed by atoms with Crippen LogP contribution in [0.1, 0.15) is 19.4 Å². The van der Waals surface area contributed by atoms with Crippen LogP contribution in [-0.4, -0.2) is 12.2 Å². The first-order valence-corrected chi connectivity index (χ1v) is 6.86. The molecule has 1 heterocycles. The van der Waals surface area contributed by atoms with Gasteiger partial charge in [0.05, 0.1) is 5.54 Å². The highest BCUT2D eigenvalue weighted by Crippen LogP contribution is 2.34. The third-order valence-electron chi connectivity index (χ3n) is 3.46. The quantitative estimate of drug-likeness (QED) is 0.942. The smallest absolute Gasteiger partial charge is 0.321 e. The van der Waals surface area contributed by atoms with Crippen molar-refractivity contribution >= 4 is 5.91 Å². The van der Waals surface area contributed by atoms with Gasteiger partial charge in [-0.15, -0.1) is 0 Å². The highest BCUT2D eigenvalue weighted by atomic mass is 16.7. The second kappa shape index (κ2) is 5.13. The lowest BCUT2D eigenvalue weighted by atomic mass is 9.94. The van der Waals surface area contributed by atoms with Gasteiger partial charge in [-0.05, 0) is 31.5 Å². The summed E-state index contributed by atoms with van der Waals surface area (Å²) in [7, 11) is 0. The van der Waals surface area contributed by atoms with E-state index in [4.69, 9.17) is 9.47 Å². The van der Waals surface area contributed by atoms with Crippen molar-refractivity contribution in [1.29, 1.82) is 0 Å². The van der Waals surface area contributed by atoms with E-state index in [9.17, 15) is 4.79 Å². The third kappa shape index (κ3) is 2.70. The molecule has 1 amide bonds. The van der Waals surface area contributed by atoms with Gasteiger partial charge in [0.2, 0.25) is 0 Å². The van der Waals surface area contributed by atoms with Gasteiger partial charge in [-0.1, -0.05) is 42.5 Å². The first-order valence-electron chi connectivity index (χ1n) is 6.86. The molecule has 1 aliphatic heterocycles. The van der Waals surface area contributed by atoms with E-state index in [0.29, 0.717) is 11.5 Å². The van der Waals surface area contributed by atoms with Crippen molar-refractivity contribution in [3.63, 3.8) is 0 Å². The molecule has 0 aliphatic carbocycles. The summed E-state index contributed by atoms with van der Waals surface area (Å²) in [6.45, 7) is 3.89. The van der Waals surface area contributed by atoms with Gasteiger partial charge < -0.3 is 14.8 Å². The molecule has 0 atom stereocenters. The number of rotatable bonds is 3. The Hall–Kier alpha value is -2.49. The van der Waals surface area contributed by atoms with E-state index in [0.717, 1.165) is 5.56 Å². The first kappa shape index (κ1) is 13.5. The fraction of sp³-hybridized carbons (Fsp3) is 0.235. The Labute approximate surface area is 123 Å². The predicted octanol–water partition coefficient (Wildman–Crippen LogP) is 2.84. The van der Waals surface area contributed by atoms with Crippen molar-refractivity contribution in [1.82, 2.24) is 5.32 Å².